The fraction of sp³-hybridized carbons (Fsp3) is 0.375. The summed E-state index contributed by atoms with van der Waals surface area (Å²) in [4.78, 5) is 40.5. The maximum Gasteiger partial charge on any atom is 0.264 e. The molecule has 0 bridgehead atoms. The van der Waals surface area contributed by atoms with Crippen molar-refractivity contribution in [1.29, 1.82) is 0 Å². The van der Waals surface area contributed by atoms with Crippen LogP contribution in [0.2, 0.25) is 0 Å². The molecule has 2 amide bonds. The summed E-state index contributed by atoms with van der Waals surface area (Å²) in [5, 5.41) is 2.86. The molecule has 2 aromatic carbocycles. The number of hydrogen-bond acceptors (Lipinski definition) is 5. The van der Waals surface area contributed by atoms with Crippen LogP contribution in [0, 0.1) is 0 Å². The standard InChI is InChI=1S/C24H27N3O4/c1-26-20-15-17(5-11-22(20)31-16-24(26)30)21(28)10-12-23(29)25-18-6-8-19(9-7-18)27-13-3-2-4-14-27/h5-9,11,15H,2-4,10,12-14,16H2,1H3,(H,25,29). The number of carbonyl (C=O) groups is 3. The third-order valence-corrected chi connectivity index (χ3v) is 5.82. The molecular formula is C24H27N3O4. The number of ether oxygens (including phenoxy) is 1. The zero-order valence-corrected chi connectivity index (χ0v) is 17.7. The molecule has 31 heavy (non-hydrogen) atoms. The lowest BCUT2D eigenvalue weighted by Crippen LogP contribution is -2.35. The van der Waals surface area contributed by atoms with Crippen molar-refractivity contribution >= 4 is 34.7 Å². The minimum absolute atomic E-state index is 0.00399. The van der Waals surface area contributed by atoms with Crippen molar-refractivity contribution in [2.75, 3.05) is 41.9 Å². The van der Waals surface area contributed by atoms with E-state index in [1.807, 2.05) is 24.3 Å². The van der Waals surface area contributed by atoms with Gasteiger partial charge in [-0.1, -0.05) is 0 Å². The van der Waals surface area contributed by atoms with E-state index in [4.69, 9.17) is 4.74 Å². The number of hydrogen-bond donors (Lipinski definition) is 1. The van der Waals surface area contributed by atoms with Crippen molar-refractivity contribution in [2.45, 2.75) is 32.1 Å². The summed E-state index contributed by atoms with van der Waals surface area (Å²) >= 11 is 0. The van der Waals surface area contributed by atoms with Gasteiger partial charge in [0.1, 0.15) is 5.75 Å². The highest BCUT2D eigenvalue weighted by Crippen LogP contribution is 2.32. The van der Waals surface area contributed by atoms with E-state index in [0.717, 1.165) is 18.8 Å². The third-order valence-electron chi connectivity index (χ3n) is 5.82. The molecule has 7 nitrogen and oxygen atoms in total. The molecule has 1 fully saturated rings. The molecule has 2 heterocycles. The van der Waals surface area contributed by atoms with E-state index in [-0.39, 0.29) is 37.0 Å². The van der Waals surface area contributed by atoms with Crippen molar-refractivity contribution in [3.05, 3.63) is 48.0 Å². The topological polar surface area (TPSA) is 78.9 Å². The van der Waals surface area contributed by atoms with Gasteiger partial charge in [0, 0.05) is 49.9 Å². The molecule has 2 aliphatic heterocycles. The summed E-state index contributed by atoms with van der Waals surface area (Å²) < 4.78 is 5.38. The smallest absolute Gasteiger partial charge is 0.264 e. The second-order valence-corrected chi connectivity index (χ2v) is 7.99. The van der Waals surface area contributed by atoms with Crippen LogP contribution < -0.4 is 19.9 Å². The van der Waals surface area contributed by atoms with Gasteiger partial charge in [0.15, 0.2) is 12.4 Å². The second kappa shape index (κ2) is 9.20. The number of anilines is 3. The quantitative estimate of drug-likeness (QED) is 0.721. The summed E-state index contributed by atoms with van der Waals surface area (Å²) in [7, 11) is 1.65. The minimum atomic E-state index is -0.201. The number of fused-ring (bicyclic) bond motifs is 1. The molecule has 2 aliphatic rings. The van der Waals surface area contributed by atoms with Crippen molar-refractivity contribution < 1.29 is 19.1 Å². The SMILES string of the molecule is CN1C(=O)COc2ccc(C(=O)CCC(=O)Nc3ccc(N4CCCCC4)cc3)cc21. The van der Waals surface area contributed by atoms with Crippen LogP contribution in [-0.2, 0) is 9.59 Å². The molecule has 0 radical (unpaired) electrons. The lowest BCUT2D eigenvalue weighted by molar-refractivity contribution is -0.121. The number of likely N-dealkylation sites (N-methyl/N-ethyl adjacent to an activating group) is 1. The van der Waals surface area contributed by atoms with Gasteiger partial charge in [-0.3, -0.25) is 14.4 Å². The lowest BCUT2D eigenvalue weighted by atomic mass is 10.0. The number of rotatable bonds is 6. The molecule has 0 spiro atoms. The molecular weight excluding hydrogens is 394 g/mol. The monoisotopic (exact) mass is 421 g/mol. The van der Waals surface area contributed by atoms with Crippen molar-refractivity contribution in [1.82, 2.24) is 0 Å². The van der Waals surface area contributed by atoms with Crippen LogP contribution in [0.15, 0.2) is 42.5 Å². The van der Waals surface area contributed by atoms with E-state index < -0.39 is 0 Å². The lowest BCUT2D eigenvalue weighted by Gasteiger charge is -2.28. The number of amides is 2. The summed E-state index contributed by atoms with van der Waals surface area (Å²) in [5.41, 5.74) is 2.93. The Morgan fingerprint density at radius 1 is 1.00 bits per heavy atom. The van der Waals surface area contributed by atoms with Gasteiger partial charge in [-0.25, -0.2) is 0 Å². The van der Waals surface area contributed by atoms with Crippen molar-refractivity contribution in [3.8, 4) is 5.75 Å². The maximum atomic E-state index is 12.6. The number of Topliss-reactive ketones (excluding diaryl/α,β-unsaturated/α-hetero) is 1. The normalized spacial score (nSPS) is 15.8. The van der Waals surface area contributed by atoms with Crippen LogP contribution in [0.5, 0.6) is 5.75 Å². The molecule has 162 valence electrons. The zero-order chi connectivity index (χ0) is 21.8. The molecule has 1 saturated heterocycles. The van der Waals surface area contributed by atoms with Crippen LogP contribution >= 0.6 is 0 Å². The van der Waals surface area contributed by atoms with Gasteiger partial charge in [-0.05, 0) is 61.7 Å². The number of ketones is 1. The first-order chi connectivity index (χ1) is 15.0. The molecule has 0 atom stereocenters. The van der Waals surface area contributed by atoms with Gasteiger partial charge in [0.05, 0.1) is 5.69 Å². The Morgan fingerprint density at radius 3 is 2.48 bits per heavy atom. The summed E-state index contributed by atoms with van der Waals surface area (Å²) in [6, 6.07) is 12.9. The average molecular weight is 421 g/mol. The van der Waals surface area contributed by atoms with Gasteiger partial charge in [0.25, 0.3) is 5.91 Å². The number of carbonyl (C=O) groups excluding carboxylic acids is 3. The Kier molecular flexibility index (Phi) is 6.21. The van der Waals surface area contributed by atoms with Gasteiger partial charge in [-0.2, -0.15) is 0 Å². The average Bonchev–Trinajstić information content (AvgIpc) is 2.81. The largest absolute Gasteiger partial charge is 0.482 e. The molecule has 4 rings (SSSR count). The highest BCUT2D eigenvalue weighted by molar-refractivity contribution is 6.03. The van der Waals surface area contributed by atoms with Gasteiger partial charge < -0.3 is 19.9 Å². The Bertz CT molecular complexity index is 981. The van der Waals surface area contributed by atoms with E-state index >= 15 is 0 Å². The number of benzene rings is 2. The minimum Gasteiger partial charge on any atom is -0.482 e. The van der Waals surface area contributed by atoms with E-state index in [0.29, 0.717) is 17.0 Å². The molecule has 1 N–H and O–H groups in total. The predicted molar refractivity (Wildman–Crippen MR) is 120 cm³/mol. The highest BCUT2D eigenvalue weighted by atomic mass is 16.5. The fourth-order valence-electron chi connectivity index (χ4n) is 3.95. The molecule has 0 aliphatic carbocycles. The number of piperidine rings is 1. The van der Waals surface area contributed by atoms with Gasteiger partial charge in [-0.15, -0.1) is 0 Å². The Balaban J connectivity index is 1.30. The maximum absolute atomic E-state index is 12.6. The Hall–Kier alpha value is -3.35. The highest BCUT2D eigenvalue weighted by Gasteiger charge is 2.23. The van der Waals surface area contributed by atoms with E-state index in [2.05, 4.69) is 10.2 Å². The molecule has 2 aromatic rings. The first-order valence-corrected chi connectivity index (χ1v) is 10.7. The first-order valence-electron chi connectivity index (χ1n) is 10.7. The molecule has 0 aromatic heterocycles. The number of nitrogens with one attached hydrogen (secondary N) is 1. The van der Waals surface area contributed by atoms with E-state index in [1.165, 1.54) is 29.8 Å². The molecule has 0 unspecified atom stereocenters. The van der Waals surface area contributed by atoms with Crippen LogP contribution in [0.4, 0.5) is 17.1 Å². The first kappa shape index (κ1) is 20.9. The zero-order valence-electron chi connectivity index (χ0n) is 17.7. The summed E-state index contributed by atoms with van der Waals surface area (Å²) in [6.07, 6.45) is 3.91. The van der Waals surface area contributed by atoms with Crippen molar-refractivity contribution in [3.63, 3.8) is 0 Å². The van der Waals surface area contributed by atoms with E-state index in [9.17, 15) is 14.4 Å². The molecule has 0 saturated carbocycles. The predicted octanol–water partition coefficient (Wildman–Crippen LogP) is 3.63. The van der Waals surface area contributed by atoms with Crippen LogP contribution in [0.3, 0.4) is 0 Å². The second-order valence-electron chi connectivity index (χ2n) is 7.99. The van der Waals surface area contributed by atoms with E-state index in [1.54, 1.807) is 25.2 Å². The van der Waals surface area contributed by atoms with Gasteiger partial charge >= 0.3 is 0 Å². The number of nitrogens with zero attached hydrogens (tertiary/aromatic N) is 2. The third kappa shape index (κ3) is 4.87. The van der Waals surface area contributed by atoms with Crippen LogP contribution in [0.25, 0.3) is 0 Å². The van der Waals surface area contributed by atoms with Crippen LogP contribution in [-0.4, -0.2) is 44.3 Å². The summed E-state index contributed by atoms with van der Waals surface area (Å²) in [5.74, 6) is 0.0599. The molecule has 7 heteroatoms. The van der Waals surface area contributed by atoms with Gasteiger partial charge in [0.2, 0.25) is 5.91 Å². The van der Waals surface area contributed by atoms with Crippen molar-refractivity contribution in [2.24, 2.45) is 0 Å². The summed E-state index contributed by atoms with van der Waals surface area (Å²) in [6.45, 7) is 2.15. The Labute approximate surface area is 182 Å². The fourth-order valence-corrected chi connectivity index (χ4v) is 3.95. The Morgan fingerprint density at radius 2 is 1.74 bits per heavy atom. The van der Waals surface area contributed by atoms with Crippen LogP contribution in [0.1, 0.15) is 42.5 Å².